The Hall–Kier alpha value is -4.32. The van der Waals surface area contributed by atoms with E-state index in [2.05, 4.69) is 15.4 Å². The Bertz CT molecular complexity index is 1310. The summed E-state index contributed by atoms with van der Waals surface area (Å²) in [7, 11) is 2.96. The van der Waals surface area contributed by atoms with Gasteiger partial charge in [-0.2, -0.15) is 10.4 Å². The van der Waals surface area contributed by atoms with Crippen LogP contribution in [0.2, 0.25) is 0 Å². The molecule has 0 saturated carbocycles. The second-order valence-electron chi connectivity index (χ2n) is 6.97. The number of nitrogens with zero attached hydrogens (tertiary/aromatic N) is 5. The molecule has 0 aliphatic rings. The van der Waals surface area contributed by atoms with E-state index in [1.807, 2.05) is 52.8 Å². The lowest BCUT2D eigenvalue weighted by atomic mass is 10.1. The molecule has 1 amide bonds. The van der Waals surface area contributed by atoms with E-state index in [1.54, 1.807) is 18.5 Å². The molecule has 0 fully saturated rings. The van der Waals surface area contributed by atoms with Crippen molar-refractivity contribution in [3.63, 3.8) is 0 Å². The molecule has 32 heavy (non-hydrogen) atoms. The van der Waals surface area contributed by atoms with Crippen molar-refractivity contribution in [3.8, 4) is 34.4 Å². The summed E-state index contributed by atoms with van der Waals surface area (Å²) in [6.45, 7) is 2.74. The van der Waals surface area contributed by atoms with E-state index in [9.17, 15) is 4.79 Å². The van der Waals surface area contributed by atoms with Gasteiger partial charge in [0.25, 0.3) is 5.91 Å². The molecule has 0 radical (unpaired) electrons. The zero-order valence-corrected chi connectivity index (χ0v) is 18.0. The third kappa shape index (κ3) is 3.74. The number of amides is 1. The van der Waals surface area contributed by atoms with Crippen molar-refractivity contribution in [1.82, 2.24) is 24.6 Å². The van der Waals surface area contributed by atoms with Crippen molar-refractivity contribution in [2.75, 3.05) is 20.8 Å². The Morgan fingerprint density at radius 3 is 2.53 bits per heavy atom. The predicted octanol–water partition coefficient (Wildman–Crippen LogP) is 3.18. The predicted molar refractivity (Wildman–Crippen MR) is 119 cm³/mol. The zero-order chi connectivity index (χ0) is 22.7. The van der Waals surface area contributed by atoms with Gasteiger partial charge in [0.1, 0.15) is 29.9 Å². The monoisotopic (exact) mass is 430 g/mol. The molecule has 9 nitrogen and oxygen atoms in total. The number of methoxy groups -OCH3 is 2. The summed E-state index contributed by atoms with van der Waals surface area (Å²) in [5.41, 5.74) is 4.72. The average Bonchev–Trinajstić information content (AvgIpc) is 3.48. The van der Waals surface area contributed by atoms with E-state index >= 15 is 0 Å². The van der Waals surface area contributed by atoms with Gasteiger partial charge in [0.15, 0.2) is 0 Å². The number of aromatic nitrogens is 4. The summed E-state index contributed by atoms with van der Waals surface area (Å²) in [5, 5.41) is 15.6. The molecule has 1 N–H and O–H groups in total. The molecule has 0 aliphatic heterocycles. The molecule has 9 heteroatoms. The lowest BCUT2D eigenvalue weighted by Crippen LogP contribution is -2.24. The van der Waals surface area contributed by atoms with E-state index in [4.69, 9.17) is 14.7 Å². The smallest absolute Gasteiger partial charge is 0.259 e. The largest absolute Gasteiger partial charge is 0.496 e. The van der Waals surface area contributed by atoms with Gasteiger partial charge in [-0.1, -0.05) is 6.07 Å². The summed E-state index contributed by atoms with van der Waals surface area (Å²) in [6.07, 6.45) is 5.56. The highest BCUT2D eigenvalue weighted by Crippen LogP contribution is 2.34. The van der Waals surface area contributed by atoms with Gasteiger partial charge in [0, 0.05) is 30.4 Å². The summed E-state index contributed by atoms with van der Waals surface area (Å²) in [5.74, 6) is 0.222. The second kappa shape index (κ2) is 8.81. The standard InChI is InChI=1S/C23H22N6O3/c1-4-28-13-16(12-27-28)15-5-6-19-18(9-15)26-14-29(19)17-10-20(31-2)22(21(11-17)32-3)23(30)25-8-7-24/h5-6,9-14H,4,8H2,1-3H3,(H,25,30). The first-order valence-corrected chi connectivity index (χ1v) is 10.0. The highest BCUT2D eigenvalue weighted by atomic mass is 16.5. The fourth-order valence-electron chi connectivity index (χ4n) is 3.55. The van der Waals surface area contributed by atoms with Gasteiger partial charge in [0.2, 0.25) is 0 Å². The first-order valence-electron chi connectivity index (χ1n) is 10.0. The van der Waals surface area contributed by atoms with E-state index in [0.717, 1.165) is 34.4 Å². The number of rotatable bonds is 7. The van der Waals surface area contributed by atoms with E-state index in [-0.39, 0.29) is 12.1 Å². The topological polar surface area (TPSA) is 107 Å². The van der Waals surface area contributed by atoms with Crippen LogP contribution < -0.4 is 14.8 Å². The molecule has 162 valence electrons. The molecule has 0 atom stereocenters. The Morgan fingerprint density at radius 1 is 1.16 bits per heavy atom. The number of benzene rings is 2. The van der Waals surface area contributed by atoms with Crippen LogP contribution in [0.3, 0.4) is 0 Å². The van der Waals surface area contributed by atoms with Crippen LogP contribution in [0, 0.1) is 11.3 Å². The second-order valence-corrected chi connectivity index (χ2v) is 6.97. The normalized spacial score (nSPS) is 10.7. The molecule has 0 unspecified atom stereocenters. The van der Waals surface area contributed by atoms with Crippen LogP contribution in [0.1, 0.15) is 17.3 Å². The average molecular weight is 430 g/mol. The Morgan fingerprint density at radius 2 is 1.91 bits per heavy atom. The van der Waals surface area contributed by atoms with Gasteiger partial charge in [-0.05, 0) is 24.6 Å². The van der Waals surface area contributed by atoms with Crippen molar-refractivity contribution in [2.45, 2.75) is 13.5 Å². The number of fused-ring (bicyclic) bond motifs is 1. The van der Waals surface area contributed by atoms with Crippen molar-refractivity contribution in [3.05, 3.63) is 54.6 Å². The molecule has 4 aromatic rings. The fourth-order valence-corrected chi connectivity index (χ4v) is 3.55. The number of carbonyl (C=O) groups excluding carboxylic acids is 1. The van der Waals surface area contributed by atoms with Crippen LogP contribution in [-0.4, -0.2) is 46.0 Å². The van der Waals surface area contributed by atoms with Gasteiger partial charge in [-0.3, -0.25) is 14.0 Å². The van der Waals surface area contributed by atoms with E-state index in [1.165, 1.54) is 14.2 Å². The van der Waals surface area contributed by atoms with Crippen LogP contribution in [0.5, 0.6) is 11.5 Å². The molecule has 4 rings (SSSR count). The first-order chi connectivity index (χ1) is 15.6. The number of ether oxygens (including phenoxy) is 2. The summed E-state index contributed by atoms with van der Waals surface area (Å²) in [4.78, 5) is 17.1. The maximum absolute atomic E-state index is 12.5. The summed E-state index contributed by atoms with van der Waals surface area (Å²) < 4.78 is 14.7. The van der Waals surface area contributed by atoms with Crippen LogP contribution >= 0.6 is 0 Å². The minimum Gasteiger partial charge on any atom is -0.496 e. The number of aryl methyl sites for hydroxylation is 1. The minimum absolute atomic E-state index is 0.113. The minimum atomic E-state index is -0.445. The Labute approximate surface area is 184 Å². The lowest BCUT2D eigenvalue weighted by molar-refractivity contribution is 0.0952. The Kier molecular flexibility index (Phi) is 5.77. The van der Waals surface area contributed by atoms with Crippen LogP contribution in [0.15, 0.2) is 49.1 Å². The molecule has 0 aliphatic carbocycles. The van der Waals surface area contributed by atoms with E-state index in [0.29, 0.717) is 11.5 Å². The van der Waals surface area contributed by atoms with Crippen LogP contribution in [0.25, 0.3) is 27.8 Å². The van der Waals surface area contributed by atoms with Gasteiger partial charge in [0.05, 0.1) is 43.2 Å². The summed E-state index contributed by atoms with van der Waals surface area (Å²) in [6, 6.07) is 11.4. The number of nitrogens with one attached hydrogen (secondary N) is 1. The van der Waals surface area contributed by atoms with Crippen molar-refractivity contribution in [1.29, 1.82) is 5.26 Å². The van der Waals surface area contributed by atoms with Crippen molar-refractivity contribution in [2.24, 2.45) is 0 Å². The maximum atomic E-state index is 12.5. The van der Waals surface area contributed by atoms with Gasteiger partial charge >= 0.3 is 0 Å². The number of hydrogen-bond donors (Lipinski definition) is 1. The molecule has 0 bridgehead atoms. The van der Waals surface area contributed by atoms with Crippen LogP contribution in [-0.2, 0) is 6.54 Å². The van der Waals surface area contributed by atoms with Crippen molar-refractivity contribution < 1.29 is 14.3 Å². The number of carbonyl (C=O) groups is 1. The fraction of sp³-hybridized carbons (Fsp3) is 0.217. The molecule has 2 aromatic heterocycles. The number of hydrogen-bond acceptors (Lipinski definition) is 6. The molecule has 2 heterocycles. The Balaban J connectivity index is 1.76. The maximum Gasteiger partial charge on any atom is 0.259 e. The third-order valence-electron chi connectivity index (χ3n) is 5.16. The van der Waals surface area contributed by atoms with Gasteiger partial charge < -0.3 is 14.8 Å². The van der Waals surface area contributed by atoms with E-state index < -0.39 is 5.91 Å². The van der Waals surface area contributed by atoms with Gasteiger partial charge in [-0.15, -0.1) is 0 Å². The molecule has 0 spiro atoms. The van der Waals surface area contributed by atoms with Crippen LogP contribution in [0.4, 0.5) is 0 Å². The molecular weight excluding hydrogens is 408 g/mol. The molecule has 2 aromatic carbocycles. The first kappa shape index (κ1) is 20.9. The quantitative estimate of drug-likeness (QED) is 0.451. The molecular formula is C23H22N6O3. The zero-order valence-electron chi connectivity index (χ0n) is 18.0. The third-order valence-corrected chi connectivity index (χ3v) is 5.16. The highest BCUT2D eigenvalue weighted by molar-refractivity contribution is 6.00. The van der Waals surface area contributed by atoms with Gasteiger partial charge in [-0.25, -0.2) is 4.98 Å². The highest BCUT2D eigenvalue weighted by Gasteiger charge is 2.21. The lowest BCUT2D eigenvalue weighted by Gasteiger charge is -2.15. The molecule has 0 saturated heterocycles. The summed E-state index contributed by atoms with van der Waals surface area (Å²) >= 11 is 0. The number of nitriles is 1. The SMILES string of the molecule is CCn1cc(-c2ccc3c(c2)ncn3-c2cc(OC)c(C(=O)NCC#N)c(OC)c2)cn1. The number of imidazole rings is 1. The van der Waals surface area contributed by atoms with Crippen molar-refractivity contribution >= 4 is 16.9 Å².